The van der Waals surface area contributed by atoms with Crippen LogP contribution in [0.3, 0.4) is 0 Å². The second-order valence-electron chi connectivity index (χ2n) is 5.65. The highest BCUT2D eigenvalue weighted by atomic mass is 32.1. The standard InChI is InChI=1S/C16H24N2S/c1-11(2)13(9-10-17)7-8-15-18-16-12(3)5-4-6-14(16)19-15/h4-6,11,13H,7-10,17H2,1-3H3. The smallest absolute Gasteiger partial charge is 0.0938 e. The summed E-state index contributed by atoms with van der Waals surface area (Å²) in [5.74, 6) is 1.43. The van der Waals surface area contributed by atoms with Gasteiger partial charge in [-0.05, 0) is 56.2 Å². The Hall–Kier alpha value is -0.930. The molecule has 2 nitrogen and oxygen atoms in total. The van der Waals surface area contributed by atoms with Crippen LogP contribution in [0.1, 0.15) is 37.3 Å². The largest absolute Gasteiger partial charge is 0.330 e. The Balaban J connectivity index is 2.07. The second kappa shape index (κ2) is 6.49. The van der Waals surface area contributed by atoms with E-state index in [-0.39, 0.29) is 0 Å². The maximum absolute atomic E-state index is 5.70. The molecule has 0 spiro atoms. The molecule has 2 aromatic rings. The van der Waals surface area contributed by atoms with Crippen LogP contribution in [0.5, 0.6) is 0 Å². The summed E-state index contributed by atoms with van der Waals surface area (Å²) in [6.45, 7) is 7.52. The van der Waals surface area contributed by atoms with Gasteiger partial charge in [0.25, 0.3) is 0 Å². The van der Waals surface area contributed by atoms with Crippen molar-refractivity contribution in [3.05, 3.63) is 28.8 Å². The number of fused-ring (bicyclic) bond motifs is 1. The van der Waals surface area contributed by atoms with Gasteiger partial charge < -0.3 is 5.73 Å². The van der Waals surface area contributed by atoms with Crippen molar-refractivity contribution in [3.63, 3.8) is 0 Å². The van der Waals surface area contributed by atoms with Crippen molar-refractivity contribution in [1.29, 1.82) is 0 Å². The third-order valence-electron chi connectivity index (χ3n) is 3.87. The highest BCUT2D eigenvalue weighted by Gasteiger charge is 2.14. The summed E-state index contributed by atoms with van der Waals surface area (Å²) in [6.07, 6.45) is 3.41. The molecule has 0 aliphatic carbocycles. The fourth-order valence-corrected chi connectivity index (χ4v) is 3.63. The summed E-state index contributed by atoms with van der Waals surface area (Å²) in [5, 5.41) is 1.27. The van der Waals surface area contributed by atoms with E-state index in [0.717, 1.165) is 25.3 Å². The molecule has 0 saturated carbocycles. The summed E-state index contributed by atoms with van der Waals surface area (Å²) < 4.78 is 1.31. The van der Waals surface area contributed by atoms with Crippen LogP contribution in [0.4, 0.5) is 0 Å². The molecule has 2 N–H and O–H groups in total. The monoisotopic (exact) mass is 276 g/mol. The third kappa shape index (κ3) is 3.54. The highest BCUT2D eigenvalue weighted by Crippen LogP contribution is 2.27. The Kier molecular flexibility index (Phi) is 4.94. The molecule has 0 radical (unpaired) electrons. The molecule has 0 aliphatic heterocycles. The number of benzene rings is 1. The Labute approximate surface area is 120 Å². The molecule has 1 aromatic carbocycles. The van der Waals surface area contributed by atoms with Crippen molar-refractivity contribution >= 4 is 21.6 Å². The molecule has 0 fully saturated rings. The average Bonchev–Trinajstić information content (AvgIpc) is 2.78. The van der Waals surface area contributed by atoms with Gasteiger partial charge in [-0.15, -0.1) is 11.3 Å². The first-order valence-electron chi connectivity index (χ1n) is 7.17. The summed E-state index contributed by atoms with van der Waals surface area (Å²) >= 11 is 1.84. The highest BCUT2D eigenvalue weighted by molar-refractivity contribution is 7.18. The Morgan fingerprint density at radius 2 is 2.05 bits per heavy atom. The van der Waals surface area contributed by atoms with E-state index in [1.165, 1.54) is 27.2 Å². The van der Waals surface area contributed by atoms with E-state index in [1.807, 2.05) is 11.3 Å². The number of hydrogen-bond donors (Lipinski definition) is 1. The molecule has 0 saturated heterocycles. The first-order chi connectivity index (χ1) is 9.11. The van der Waals surface area contributed by atoms with Crippen molar-refractivity contribution in [2.45, 2.75) is 40.0 Å². The molecule has 0 amide bonds. The normalized spacial score (nSPS) is 13.3. The first-order valence-corrected chi connectivity index (χ1v) is 7.98. The van der Waals surface area contributed by atoms with Gasteiger partial charge in [0.15, 0.2) is 0 Å². The van der Waals surface area contributed by atoms with E-state index in [0.29, 0.717) is 5.92 Å². The molecule has 104 valence electrons. The van der Waals surface area contributed by atoms with E-state index in [1.54, 1.807) is 0 Å². The zero-order valence-corrected chi connectivity index (χ0v) is 13.0. The van der Waals surface area contributed by atoms with Gasteiger partial charge in [0, 0.05) is 0 Å². The molecular formula is C16H24N2S. The second-order valence-corrected chi connectivity index (χ2v) is 6.76. The molecule has 1 aromatic heterocycles. The maximum Gasteiger partial charge on any atom is 0.0938 e. The number of para-hydroxylation sites is 1. The number of aryl methyl sites for hydroxylation is 2. The summed E-state index contributed by atoms with van der Waals surface area (Å²) in [5.41, 5.74) is 8.17. The van der Waals surface area contributed by atoms with Crippen molar-refractivity contribution in [2.24, 2.45) is 17.6 Å². The fourth-order valence-electron chi connectivity index (χ4n) is 2.57. The molecular weight excluding hydrogens is 252 g/mol. The molecule has 3 heteroatoms. The van der Waals surface area contributed by atoms with Gasteiger partial charge in [-0.25, -0.2) is 4.98 Å². The fraction of sp³-hybridized carbons (Fsp3) is 0.562. The lowest BCUT2D eigenvalue weighted by Crippen LogP contribution is -2.15. The molecule has 1 unspecified atom stereocenters. The average molecular weight is 276 g/mol. The number of rotatable bonds is 6. The van der Waals surface area contributed by atoms with Crippen LogP contribution in [0, 0.1) is 18.8 Å². The van der Waals surface area contributed by atoms with Gasteiger partial charge in [-0.1, -0.05) is 26.0 Å². The Morgan fingerprint density at radius 3 is 2.68 bits per heavy atom. The van der Waals surface area contributed by atoms with Gasteiger partial charge in [0.05, 0.1) is 15.2 Å². The maximum atomic E-state index is 5.70. The predicted octanol–water partition coefficient (Wildman–Crippen LogP) is 4.16. The van der Waals surface area contributed by atoms with Gasteiger partial charge in [-0.2, -0.15) is 0 Å². The lowest BCUT2D eigenvalue weighted by Gasteiger charge is -2.19. The third-order valence-corrected chi connectivity index (χ3v) is 4.95. The van der Waals surface area contributed by atoms with Crippen LogP contribution in [0.15, 0.2) is 18.2 Å². The van der Waals surface area contributed by atoms with E-state index >= 15 is 0 Å². The zero-order chi connectivity index (χ0) is 13.8. The van der Waals surface area contributed by atoms with Crippen molar-refractivity contribution in [3.8, 4) is 0 Å². The minimum atomic E-state index is 0.708. The molecule has 0 bridgehead atoms. The SMILES string of the molecule is Cc1cccc2sc(CCC(CCN)C(C)C)nc12. The Bertz CT molecular complexity index is 531. The van der Waals surface area contributed by atoms with Crippen LogP contribution < -0.4 is 5.73 Å². The van der Waals surface area contributed by atoms with Crippen molar-refractivity contribution in [2.75, 3.05) is 6.54 Å². The quantitative estimate of drug-likeness (QED) is 0.860. The van der Waals surface area contributed by atoms with E-state index in [9.17, 15) is 0 Å². The summed E-state index contributed by atoms with van der Waals surface area (Å²) in [4.78, 5) is 4.79. The first kappa shape index (κ1) is 14.5. The van der Waals surface area contributed by atoms with Crippen LogP contribution in [0.2, 0.25) is 0 Å². The molecule has 1 heterocycles. The van der Waals surface area contributed by atoms with Crippen molar-refractivity contribution < 1.29 is 0 Å². The zero-order valence-electron chi connectivity index (χ0n) is 12.1. The predicted molar refractivity (Wildman–Crippen MR) is 84.7 cm³/mol. The number of thiazole rings is 1. The van der Waals surface area contributed by atoms with Gasteiger partial charge in [0.1, 0.15) is 0 Å². The minimum absolute atomic E-state index is 0.708. The van der Waals surface area contributed by atoms with Gasteiger partial charge in [-0.3, -0.25) is 0 Å². The summed E-state index contributed by atoms with van der Waals surface area (Å²) in [7, 11) is 0. The lowest BCUT2D eigenvalue weighted by molar-refractivity contribution is 0.341. The van der Waals surface area contributed by atoms with Crippen LogP contribution in [-0.4, -0.2) is 11.5 Å². The number of nitrogens with two attached hydrogens (primary N) is 1. The van der Waals surface area contributed by atoms with Crippen LogP contribution in [0.25, 0.3) is 10.2 Å². The van der Waals surface area contributed by atoms with Gasteiger partial charge >= 0.3 is 0 Å². The number of nitrogens with zero attached hydrogens (tertiary/aromatic N) is 1. The van der Waals surface area contributed by atoms with Crippen molar-refractivity contribution in [1.82, 2.24) is 4.98 Å². The van der Waals surface area contributed by atoms with Crippen LogP contribution >= 0.6 is 11.3 Å². The molecule has 19 heavy (non-hydrogen) atoms. The van der Waals surface area contributed by atoms with E-state index in [2.05, 4.69) is 39.0 Å². The topological polar surface area (TPSA) is 38.9 Å². The van der Waals surface area contributed by atoms with Gasteiger partial charge in [0.2, 0.25) is 0 Å². The molecule has 1 atom stereocenters. The van der Waals surface area contributed by atoms with Crippen LogP contribution in [-0.2, 0) is 6.42 Å². The number of hydrogen-bond acceptors (Lipinski definition) is 3. The Morgan fingerprint density at radius 1 is 1.26 bits per heavy atom. The molecule has 0 aliphatic rings. The lowest BCUT2D eigenvalue weighted by atomic mass is 9.88. The van der Waals surface area contributed by atoms with E-state index < -0.39 is 0 Å². The summed E-state index contributed by atoms with van der Waals surface area (Å²) in [6, 6.07) is 6.42. The van der Waals surface area contributed by atoms with E-state index in [4.69, 9.17) is 10.7 Å². The minimum Gasteiger partial charge on any atom is -0.330 e. The molecule has 2 rings (SSSR count). The number of aromatic nitrogens is 1.